The van der Waals surface area contributed by atoms with E-state index < -0.39 is 11.8 Å². The molecule has 2 rings (SSSR count). The second kappa shape index (κ2) is 6.08. The molecule has 0 aliphatic carbocycles. The van der Waals surface area contributed by atoms with Gasteiger partial charge in [0.1, 0.15) is 5.76 Å². The van der Waals surface area contributed by atoms with E-state index >= 15 is 0 Å². The largest absolute Gasteiger partial charge is 0.372 e. The molecule has 1 aromatic rings. The average Bonchev–Trinajstić information content (AvgIpc) is 2.85. The second-order valence-electron chi connectivity index (χ2n) is 6.75. The van der Waals surface area contributed by atoms with Crippen LogP contribution >= 0.6 is 0 Å². The lowest BCUT2D eigenvalue weighted by Gasteiger charge is -2.34. The molecule has 1 aliphatic heterocycles. The van der Waals surface area contributed by atoms with Gasteiger partial charge in [-0.1, -0.05) is 25.9 Å². The molecule has 0 aromatic carbocycles. The van der Waals surface area contributed by atoms with Crippen LogP contribution in [-0.2, 0) is 19.7 Å². The predicted molar refractivity (Wildman–Crippen MR) is 80.4 cm³/mol. The van der Waals surface area contributed by atoms with Crippen molar-refractivity contribution in [2.45, 2.75) is 52.2 Å². The molecule has 0 unspecified atom stereocenters. The number of nitrogens with one attached hydrogen (secondary N) is 1. The van der Waals surface area contributed by atoms with Gasteiger partial charge < -0.3 is 14.2 Å². The van der Waals surface area contributed by atoms with E-state index in [-0.39, 0.29) is 23.4 Å². The molecule has 2 atom stereocenters. The van der Waals surface area contributed by atoms with E-state index in [9.17, 15) is 9.59 Å². The first kappa shape index (κ1) is 16.5. The maximum Gasteiger partial charge on any atom is 0.315 e. The molecule has 1 fully saturated rings. The molecule has 1 aromatic heterocycles. The fraction of sp³-hybridized carbons (Fsp3) is 0.667. The summed E-state index contributed by atoms with van der Waals surface area (Å²) < 4.78 is 10.7. The summed E-state index contributed by atoms with van der Waals surface area (Å²) in [5, 5.41) is 6.26. The van der Waals surface area contributed by atoms with Crippen molar-refractivity contribution in [2.24, 2.45) is 0 Å². The first-order chi connectivity index (χ1) is 10.2. The summed E-state index contributed by atoms with van der Waals surface area (Å²) in [7, 11) is 0. The van der Waals surface area contributed by atoms with Crippen LogP contribution in [0.4, 0.5) is 5.82 Å². The monoisotopic (exact) mass is 309 g/mol. The van der Waals surface area contributed by atoms with Crippen LogP contribution in [0.1, 0.15) is 40.4 Å². The van der Waals surface area contributed by atoms with E-state index in [1.165, 1.54) is 4.90 Å². The molecule has 122 valence electrons. The van der Waals surface area contributed by atoms with Crippen molar-refractivity contribution < 1.29 is 18.8 Å². The van der Waals surface area contributed by atoms with Crippen molar-refractivity contribution in [3.05, 3.63) is 11.8 Å². The van der Waals surface area contributed by atoms with Crippen molar-refractivity contribution in [2.75, 3.05) is 18.4 Å². The SMILES string of the molecule is C[C@@H]1CN(C(=O)C(=O)Nc2cc(C(C)(C)C)on2)C[C@@H](C)O1. The van der Waals surface area contributed by atoms with Crippen LogP contribution in [0.2, 0.25) is 0 Å². The Morgan fingerprint density at radius 2 is 1.86 bits per heavy atom. The van der Waals surface area contributed by atoms with Gasteiger partial charge in [-0.05, 0) is 13.8 Å². The molecule has 1 aliphatic rings. The van der Waals surface area contributed by atoms with Gasteiger partial charge in [0.15, 0.2) is 5.82 Å². The summed E-state index contributed by atoms with van der Waals surface area (Å²) >= 11 is 0. The predicted octanol–water partition coefficient (Wildman–Crippen LogP) is 1.55. The zero-order valence-corrected chi connectivity index (χ0v) is 13.7. The van der Waals surface area contributed by atoms with Crippen LogP contribution in [0, 0.1) is 0 Å². The molecule has 0 saturated carbocycles. The van der Waals surface area contributed by atoms with Gasteiger partial charge in [0.2, 0.25) is 0 Å². The Morgan fingerprint density at radius 1 is 1.27 bits per heavy atom. The highest BCUT2D eigenvalue weighted by molar-refractivity contribution is 6.39. The molecular weight excluding hydrogens is 286 g/mol. The summed E-state index contributed by atoms with van der Waals surface area (Å²) in [6, 6.07) is 1.63. The molecule has 1 saturated heterocycles. The minimum atomic E-state index is -0.713. The van der Waals surface area contributed by atoms with Gasteiger partial charge in [-0.25, -0.2) is 0 Å². The number of nitrogens with zero attached hydrogens (tertiary/aromatic N) is 2. The molecule has 2 heterocycles. The molecule has 0 bridgehead atoms. The van der Waals surface area contributed by atoms with Gasteiger partial charge in [0.25, 0.3) is 0 Å². The van der Waals surface area contributed by atoms with Crippen molar-refractivity contribution in [1.29, 1.82) is 0 Å². The minimum Gasteiger partial charge on any atom is -0.372 e. The van der Waals surface area contributed by atoms with Crippen LogP contribution in [0.25, 0.3) is 0 Å². The Hall–Kier alpha value is -1.89. The maximum absolute atomic E-state index is 12.2. The van der Waals surface area contributed by atoms with Crippen molar-refractivity contribution >= 4 is 17.6 Å². The van der Waals surface area contributed by atoms with Gasteiger partial charge in [0.05, 0.1) is 12.2 Å². The molecule has 1 N–H and O–H groups in total. The molecule has 7 nitrogen and oxygen atoms in total. The third-order valence-corrected chi connectivity index (χ3v) is 3.39. The smallest absolute Gasteiger partial charge is 0.315 e. The molecular formula is C15H23N3O4. The van der Waals surface area contributed by atoms with E-state index in [0.29, 0.717) is 18.8 Å². The van der Waals surface area contributed by atoms with E-state index in [0.717, 1.165) is 0 Å². The Morgan fingerprint density at radius 3 is 2.36 bits per heavy atom. The van der Waals surface area contributed by atoms with Crippen molar-refractivity contribution in [3.8, 4) is 0 Å². The number of aromatic nitrogens is 1. The first-order valence-electron chi connectivity index (χ1n) is 7.39. The van der Waals surface area contributed by atoms with Crippen LogP contribution in [-0.4, -0.2) is 47.2 Å². The summed E-state index contributed by atoms with van der Waals surface area (Å²) in [5.74, 6) is -0.404. The average molecular weight is 309 g/mol. The fourth-order valence-corrected chi connectivity index (χ4v) is 2.34. The zero-order valence-electron chi connectivity index (χ0n) is 13.7. The topological polar surface area (TPSA) is 84.7 Å². The number of hydrogen-bond acceptors (Lipinski definition) is 5. The van der Waals surface area contributed by atoms with Gasteiger partial charge in [0, 0.05) is 24.6 Å². The van der Waals surface area contributed by atoms with Gasteiger partial charge >= 0.3 is 11.8 Å². The molecule has 2 amide bonds. The van der Waals surface area contributed by atoms with Crippen molar-refractivity contribution in [1.82, 2.24) is 10.1 Å². The Bertz CT molecular complexity index is 551. The standard InChI is InChI=1S/C15H23N3O4/c1-9-7-18(8-10(2)21-9)14(20)13(19)16-12-6-11(22-17-12)15(3,4)5/h6,9-10H,7-8H2,1-5H3,(H,16,17,19)/t9-,10-/m1/s1. The highest BCUT2D eigenvalue weighted by Crippen LogP contribution is 2.24. The summed E-state index contributed by atoms with van der Waals surface area (Å²) in [4.78, 5) is 25.8. The van der Waals surface area contributed by atoms with E-state index in [2.05, 4.69) is 10.5 Å². The third-order valence-electron chi connectivity index (χ3n) is 3.39. The quantitative estimate of drug-likeness (QED) is 0.796. The lowest BCUT2D eigenvalue weighted by molar-refractivity contribution is -0.151. The number of morpholine rings is 1. The molecule has 0 radical (unpaired) electrons. The van der Waals surface area contributed by atoms with Crippen LogP contribution < -0.4 is 5.32 Å². The van der Waals surface area contributed by atoms with Crippen LogP contribution in [0.3, 0.4) is 0 Å². The number of carbonyl (C=O) groups is 2. The third kappa shape index (κ3) is 3.85. The van der Waals surface area contributed by atoms with Crippen molar-refractivity contribution in [3.63, 3.8) is 0 Å². The summed E-state index contributed by atoms with van der Waals surface area (Å²) in [6.45, 7) is 10.5. The van der Waals surface area contributed by atoms with Gasteiger partial charge in [-0.2, -0.15) is 0 Å². The lowest BCUT2D eigenvalue weighted by Crippen LogP contribution is -2.51. The highest BCUT2D eigenvalue weighted by Gasteiger charge is 2.30. The fourth-order valence-electron chi connectivity index (χ4n) is 2.34. The first-order valence-corrected chi connectivity index (χ1v) is 7.39. The second-order valence-corrected chi connectivity index (χ2v) is 6.75. The zero-order chi connectivity index (χ0) is 16.5. The Kier molecular flexibility index (Phi) is 4.55. The van der Waals surface area contributed by atoms with Crippen LogP contribution in [0.15, 0.2) is 10.6 Å². The molecule has 22 heavy (non-hydrogen) atoms. The number of amides is 2. The van der Waals surface area contributed by atoms with E-state index in [1.807, 2.05) is 34.6 Å². The number of anilines is 1. The Balaban J connectivity index is 1.99. The maximum atomic E-state index is 12.2. The Labute approximate surface area is 130 Å². The van der Waals surface area contributed by atoms with E-state index in [4.69, 9.17) is 9.26 Å². The minimum absolute atomic E-state index is 0.0833. The molecule has 0 spiro atoms. The number of hydrogen-bond donors (Lipinski definition) is 1. The molecule has 7 heteroatoms. The van der Waals surface area contributed by atoms with E-state index in [1.54, 1.807) is 6.07 Å². The lowest BCUT2D eigenvalue weighted by atomic mass is 9.93. The summed E-state index contributed by atoms with van der Waals surface area (Å²) in [5.41, 5.74) is -0.213. The number of ether oxygens (including phenoxy) is 1. The number of carbonyl (C=O) groups excluding carboxylic acids is 2. The normalized spacial score (nSPS) is 22.5. The summed E-state index contributed by atoms with van der Waals surface area (Å²) in [6.07, 6.45) is -0.167. The highest BCUT2D eigenvalue weighted by atomic mass is 16.5. The van der Waals surface area contributed by atoms with Crippen LogP contribution in [0.5, 0.6) is 0 Å². The van der Waals surface area contributed by atoms with Gasteiger partial charge in [-0.3, -0.25) is 14.9 Å². The number of rotatable bonds is 1. The van der Waals surface area contributed by atoms with Gasteiger partial charge in [-0.15, -0.1) is 0 Å².